The van der Waals surface area contributed by atoms with Crippen LogP contribution in [0.3, 0.4) is 0 Å². The molecule has 3 aromatic rings. The zero-order chi connectivity index (χ0) is 26.4. The van der Waals surface area contributed by atoms with Crippen molar-refractivity contribution >= 4 is 29.3 Å². The van der Waals surface area contributed by atoms with E-state index in [0.29, 0.717) is 35.8 Å². The number of carbonyl (C=O) groups is 3. The maximum Gasteiger partial charge on any atom is 0.354 e. The molecule has 0 saturated carbocycles. The second-order valence-electron chi connectivity index (χ2n) is 8.98. The summed E-state index contributed by atoms with van der Waals surface area (Å²) in [5.41, 5.74) is 1.24. The molecule has 13 heteroatoms. The number of rotatable bonds is 4. The monoisotopic (exact) mass is 514 g/mol. The van der Waals surface area contributed by atoms with Gasteiger partial charge in [-0.2, -0.15) is 5.10 Å². The number of urea groups is 1. The summed E-state index contributed by atoms with van der Waals surface area (Å²) in [7, 11) is 0. The van der Waals surface area contributed by atoms with Gasteiger partial charge in [-0.25, -0.2) is 27.7 Å². The predicted octanol–water partition coefficient (Wildman–Crippen LogP) is 3.35. The van der Waals surface area contributed by atoms with Crippen LogP contribution in [-0.2, 0) is 17.9 Å². The topological polar surface area (TPSA) is 121 Å². The van der Waals surface area contributed by atoms with E-state index in [1.165, 1.54) is 22.1 Å². The Kier molecular flexibility index (Phi) is 6.05. The van der Waals surface area contributed by atoms with Crippen molar-refractivity contribution in [2.45, 2.75) is 38.4 Å². The molecule has 0 bridgehead atoms. The largest absolute Gasteiger partial charge is 0.477 e. The molecule has 1 unspecified atom stereocenters. The lowest BCUT2D eigenvalue weighted by Crippen LogP contribution is -2.47. The van der Waals surface area contributed by atoms with Gasteiger partial charge in [-0.1, -0.05) is 6.07 Å². The number of carbonyl (C=O) groups excluding carboxylic acids is 2. The van der Waals surface area contributed by atoms with Crippen LogP contribution in [0.15, 0.2) is 36.5 Å². The van der Waals surface area contributed by atoms with Crippen LogP contribution in [0.25, 0.3) is 0 Å². The smallest absolute Gasteiger partial charge is 0.354 e. The van der Waals surface area contributed by atoms with E-state index in [9.17, 15) is 32.7 Å². The lowest BCUT2D eigenvalue weighted by Gasteiger charge is -2.35. The fourth-order valence-electron chi connectivity index (χ4n) is 4.64. The summed E-state index contributed by atoms with van der Waals surface area (Å²) in [6, 6.07) is 5.02. The molecule has 0 radical (unpaired) electrons. The number of nitrogens with zero attached hydrogens (tertiary/aromatic N) is 5. The van der Waals surface area contributed by atoms with Crippen molar-refractivity contribution in [3.05, 3.63) is 71.1 Å². The molecule has 37 heavy (non-hydrogen) atoms. The van der Waals surface area contributed by atoms with Crippen molar-refractivity contribution in [2.24, 2.45) is 0 Å². The highest BCUT2D eigenvalue weighted by Gasteiger charge is 2.37. The molecule has 1 aromatic carbocycles. The molecule has 0 spiro atoms. The number of hydrogen-bond donors (Lipinski definition) is 2. The number of aromatic carboxylic acids is 1. The van der Waals surface area contributed by atoms with Gasteiger partial charge in [0.1, 0.15) is 5.69 Å². The first-order chi connectivity index (χ1) is 17.6. The summed E-state index contributed by atoms with van der Waals surface area (Å²) in [6.07, 6.45) is 1.67. The Morgan fingerprint density at radius 2 is 1.86 bits per heavy atom. The van der Waals surface area contributed by atoms with E-state index in [2.05, 4.69) is 15.4 Å². The minimum Gasteiger partial charge on any atom is -0.477 e. The average molecular weight is 514 g/mol. The van der Waals surface area contributed by atoms with Crippen molar-refractivity contribution in [3.63, 3.8) is 0 Å². The first kappa shape index (κ1) is 24.3. The third-order valence-electron chi connectivity index (χ3n) is 6.54. The standard InChI is InChI=1S/C24H21F3N6O4/c1-12-9-33-20(11-31(12)24(37)29-14-6-15(25)22(27)16(26)7-14)19(8-28-33)32-10-13(5-21(32)34)17-3-2-4-18(30-17)23(35)36/h2-4,6-8,12-13H,5,9-11H2,1H3,(H,29,37)(H,35,36)/t12-,13?/m0/s1. The molecule has 1 fully saturated rings. The Morgan fingerprint density at radius 1 is 1.14 bits per heavy atom. The summed E-state index contributed by atoms with van der Waals surface area (Å²) < 4.78 is 42.1. The van der Waals surface area contributed by atoms with Crippen molar-refractivity contribution in [1.29, 1.82) is 0 Å². The molecule has 3 amide bonds. The van der Waals surface area contributed by atoms with E-state index in [1.807, 2.05) is 0 Å². The van der Waals surface area contributed by atoms with Crippen LogP contribution in [-0.4, -0.2) is 55.3 Å². The van der Waals surface area contributed by atoms with Gasteiger partial charge in [0.05, 0.1) is 36.7 Å². The maximum atomic E-state index is 13.6. The number of carboxylic acid groups (broad SMARTS) is 1. The number of benzene rings is 1. The van der Waals surface area contributed by atoms with Gasteiger partial charge >= 0.3 is 12.0 Å². The SMILES string of the molecule is C[C@H]1Cn2ncc(N3CC(c4cccc(C(=O)O)n4)CC3=O)c2CN1C(=O)Nc1cc(F)c(F)c(F)c1. The van der Waals surface area contributed by atoms with Crippen LogP contribution in [0.1, 0.15) is 41.1 Å². The number of halogens is 3. The highest BCUT2D eigenvalue weighted by Crippen LogP contribution is 2.35. The van der Waals surface area contributed by atoms with Gasteiger partial charge in [-0.05, 0) is 19.1 Å². The molecule has 192 valence electrons. The fraction of sp³-hybridized carbons (Fsp3) is 0.292. The Bertz CT molecular complexity index is 1400. The molecule has 0 aliphatic carbocycles. The lowest BCUT2D eigenvalue weighted by molar-refractivity contribution is -0.117. The molecule has 2 aliphatic rings. The second-order valence-corrected chi connectivity index (χ2v) is 8.98. The molecular formula is C24H21F3N6O4. The number of carboxylic acids is 1. The highest BCUT2D eigenvalue weighted by molar-refractivity contribution is 5.97. The first-order valence-corrected chi connectivity index (χ1v) is 11.4. The Morgan fingerprint density at radius 3 is 2.57 bits per heavy atom. The van der Waals surface area contributed by atoms with Crippen LogP contribution in [0.4, 0.5) is 29.3 Å². The summed E-state index contributed by atoms with van der Waals surface area (Å²) in [4.78, 5) is 44.3. The highest BCUT2D eigenvalue weighted by atomic mass is 19.2. The van der Waals surface area contributed by atoms with Crippen molar-refractivity contribution in [3.8, 4) is 0 Å². The fourth-order valence-corrected chi connectivity index (χ4v) is 4.64. The maximum absolute atomic E-state index is 13.6. The minimum atomic E-state index is -1.63. The number of pyridine rings is 1. The lowest BCUT2D eigenvalue weighted by atomic mass is 10.0. The van der Waals surface area contributed by atoms with Crippen LogP contribution in [0.5, 0.6) is 0 Å². The van der Waals surface area contributed by atoms with Gasteiger partial charge in [-0.15, -0.1) is 0 Å². The van der Waals surface area contributed by atoms with Crippen LogP contribution in [0, 0.1) is 17.5 Å². The van der Waals surface area contributed by atoms with Gasteiger partial charge in [0, 0.05) is 42.4 Å². The van der Waals surface area contributed by atoms with E-state index in [-0.39, 0.29) is 48.8 Å². The number of hydrogen-bond acceptors (Lipinski definition) is 5. The quantitative estimate of drug-likeness (QED) is 0.516. The van der Waals surface area contributed by atoms with Crippen LogP contribution >= 0.6 is 0 Å². The Hall–Kier alpha value is -4.42. The van der Waals surface area contributed by atoms with E-state index < -0.39 is 29.5 Å². The summed E-state index contributed by atoms with van der Waals surface area (Å²) >= 11 is 0. The number of nitrogens with one attached hydrogen (secondary N) is 1. The zero-order valence-electron chi connectivity index (χ0n) is 19.5. The molecule has 2 aliphatic heterocycles. The molecule has 2 atom stereocenters. The third kappa shape index (κ3) is 4.47. The van der Waals surface area contributed by atoms with Crippen LogP contribution in [0.2, 0.25) is 0 Å². The van der Waals surface area contributed by atoms with Crippen molar-refractivity contribution < 1.29 is 32.7 Å². The molecule has 5 rings (SSSR count). The summed E-state index contributed by atoms with van der Waals surface area (Å²) in [6.45, 7) is 2.38. The number of amides is 3. The molecule has 2 N–H and O–H groups in total. The third-order valence-corrected chi connectivity index (χ3v) is 6.54. The average Bonchev–Trinajstić information content (AvgIpc) is 3.44. The van der Waals surface area contributed by atoms with Gasteiger partial charge < -0.3 is 20.2 Å². The van der Waals surface area contributed by atoms with E-state index in [0.717, 1.165) is 0 Å². The first-order valence-electron chi connectivity index (χ1n) is 11.4. The molecule has 1 saturated heterocycles. The second kappa shape index (κ2) is 9.22. The molecular weight excluding hydrogens is 493 g/mol. The summed E-state index contributed by atoms with van der Waals surface area (Å²) in [5.74, 6) is -6.16. The molecule has 4 heterocycles. The van der Waals surface area contributed by atoms with Gasteiger partial charge in [0.25, 0.3) is 0 Å². The Balaban J connectivity index is 1.36. The zero-order valence-corrected chi connectivity index (χ0v) is 19.5. The number of fused-ring (bicyclic) bond motifs is 1. The number of anilines is 2. The normalized spacial score (nSPS) is 19.2. The van der Waals surface area contributed by atoms with Gasteiger partial charge in [0.15, 0.2) is 17.5 Å². The van der Waals surface area contributed by atoms with Crippen molar-refractivity contribution in [1.82, 2.24) is 19.7 Å². The molecule has 2 aromatic heterocycles. The van der Waals surface area contributed by atoms with E-state index in [4.69, 9.17) is 0 Å². The summed E-state index contributed by atoms with van der Waals surface area (Å²) in [5, 5.41) is 16.0. The van der Waals surface area contributed by atoms with E-state index in [1.54, 1.807) is 23.7 Å². The van der Waals surface area contributed by atoms with Crippen LogP contribution < -0.4 is 10.2 Å². The van der Waals surface area contributed by atoms with Crippen molar-refractivity contribution in [2.75, 3.05) is 16.8 Å². The van der Waals surface area contributed by atoms with E-state index >= 15 is 0 Å². The Labute approximate surface area is 208 Å². The minimum absolute atomic E-state index is 0.0513. The van der Waals surface area contributed by atoms with Gasteiger partial charge in [-0.3, -0.25) is 9.48 Å². The predicted molar refractivity (Wildman–Crippen MR) is 123 cm³/mol. The van der Waals surface area contributed by atoms with Gasteiger partial charge in [0.2, 0.25) is 5.91 Å². The number of aromatic nitrogens is 3. The molecule has 10 nitrogen and oxygen atoms in total.